The molecule has 1 saturated heterocycles. The van der Waals surface area contributed by atoms with Gasteiger partial charge in [-0.2, -0.15) is 5.10 Å². The minimum atomic E-state index is -0.913. The summed E-state index contributed by atoms with van der Waals surface area (Å²) in [5, 5.41) is 32.2. The second-order valence-corrected chi connectivity index (χ2v) is 8.90. The smallest absolute Gasteiger partial charge is 0.252 e. The van der Waals surface area contributed by atoms with Crippen molar-refractivity contribution in [1.29, 1.82) is 0 Å². The van der Waals surface area contributed by atoms with Crippen LogP contribution in [0.25, 0.3) is 11.1 Å². The Hall–Kier alpha value is -3.89. The maximum absolute atomic E-state index is 12.6. The van der Waals surface area contributed by atoms with Gasteiger partial charge in [0, 0.05) is 37.7 Å². The SMILES string of the molecule is NC(=O)c1cc(-c2cnn(C[C@H](O)CO)c2)ccc1OC1CCN(C(=O)Cc2ccc(O)cc2)CC1. The van der Waals surface area contributed by atoms with Crippen LogP contribution < -0.4 is 10.5 Å². The maximum Gasteiger partial charge on any atom is 0.252 e. The molecular formula is C26H30N4O6. The molecule has 0 bridgehead atoms. The second kappa shape index (κ2) is 11.2. The zero-order chi connectivity index (χ0) is 25.7. The van der Waals surface area contributed by atoms with Crippen molar-refractivity contribution in [2.75, 3.05) is 19.7 Å². The largest absolute Gasteiger partial charge is 0.508 e. The van der Waals surface area contributed by atoms with Gasteiger partial charge in [0.05, 0.1) is 37.4 Å². The third-order valence-corrected chi connectivity index (χ3v) is 6.20. The highest BCUT2D eigenvalue weighted by molar-refractivity contribution is 5.97. The minimum absolute atomic E-state index is 0.0216. The average molecular weight is 495 g/mol. The van der Waals surface area contributed by atoms with Gasteiger partial charge in [-0.15, -0.1) is 0 Å². The molecule has 0 unspecified atom stereocenters. The Morgan fingerprint density at radius 1 is 1.11 bits per heavy atom. The minimum Gasteiger partial charge on any atom is -0.508 e. The summed E-state index contributed by atoms with van der Waals surface area (Å²) in [6.07, 6.45) is 3.77. The number of hydrogen-bond donors (Lipinski definition) is 4. The molecule has 3 aromatic rings. The molecule has 4 rings (SSSR count). The number of phenols is 1. The van der Waals surface area contributed by atoms with Gasteiger partial charge in [0.2, 0.25) is 5.91 Å². The van der Waals surface area contributed by atoms with Crippen molar-refractivity contribution in [3.63, 3.8) is 0 Å². The van der Waals surface area contributed by atoms with Crippen molar-refractivity contribution < 1.29 is 29.6 Å². The molecule has 1 aromatic heterocycles. The maximum atomic E-state index is 12.6. The lowest BCUT2D eigenvalue weighted by atomic mass is 10.0. The number of benzene rings is 2. The Balaban J connectivity index is 1.37. The molecule has 0 saturated carbocycles. The number of aliphatic hydroxyl groups is 2. The van der Waals surface area contributed by atoms with Gasteiger partial charge >= 0.3 is 0 Å². The number of aliphatic hydroxyl groups excluding tert-OH is 2. The number of nitrogens with zero attached hydrogens (tertiary/aromatic N) is 3. The number of phenolic OH excluding ortho intramolecular Hbond substituents is 1. The Morgan fingerprint density at radius 3 is 2.50 bits per heavy atom. The first-order valence-corrected chi connectivity index (χ1v) is 11.8. The fraction of sp³-hybridized carbons (Fsp3) is 0.346. The molecule has 1 fully saturated rings. The van der Waals surface area contributed by atoms with E-state index in [2.05, 4.69) is 5.10 Å². The number of likely N-dealkylation sites (tertiary alicyclic amines) is 1. The number of rotatable bonds is 9. The molecule has 36 heavy (non-hydrogen) atoms. The third kappa shape index (κ3) is 6.21. The van der Waals surface area contributed by atoms with E-state index >= 15 is 0 Å². The molecule has 2 heterocycles. The number of hydrogen-bond acceptors (Lipinski definition) is 7. The molecule has 5 N–H and O–H groups in total. The number of aromatic nitrogens is 2. The predicted octanol–water partition coefficient (Wildman–Crippen LogP) is 1.32. The Bertz CT molecular complexity index is 1200. The highest BCUT2D eigenvalue weighted by Crippen LogP contribution is 2.29. The molecule has 10 heteroatoms. The Kier molecular flexibility index (Phi) is 7.87. The van der Waals surface area contributed by atoms with Crippen LogP contribution in [-0.2, 0) is 17.8 Å². The van der Waals surface area contributed by atoms with Crippen LogP contribution in [0, 0.1) is 0 Å². The van der Waals surface area contributed by atoms with E-state index in [-0.39, 0.29) is 42.9 Å². The summed E-state index contributed by atoms with van der Waals surface area (Å²) in [7, 11) is 0. The molecule has 2 amide bonds. The summed E-state index contributed by atoms with van der Waals surface area (Å²) in [6.45, 7) is 0.879. The van der Waals surface area contributed by atoms with Crippen LogP contribution in [0.2, 0.25) is 0 Å². The van der Waals surface area contributed by atoms with Gasteiger partial charge in [-0.05, 0) is 35.4 Å². The number of aromatic hydroxyl groups is 1. The summed E-state index contributed by atoms with van der Waals surface area (Å²) in [6, 6.07) is 11.8. The van der Waals surface area contributed by atoms with Crippen LogP contribution in [0.3, 0.4) is 0 Å². The molecule has 1 aliphatic heterocycles. The number of ether oxygens (including phenoxy) is 1. The topological polar surface area (TPSA) is 151 Å². The van der Waals surface area contributed by atoms with Crippen LogP contribution in [0.15, 0.2) is 54.9 Å². The van der Waals surface area contributed by atoms with E-state index in [1.165, 1.54) is 4.68 Å². The monoisotopic (exact) mass is 494 g/mol. The van der Waals surface area contributed by atoms with E-state index < -0.39 is 12.0 Å². The van der Waals surface area contributed by atoms with Crippen molar-refractivity contribution in [3.8, 4) is 22.6 Å². The molecular weight excluding hydrogens is 464 g/mol. The summed E-state index contributed by atoms with van der Waals surface area (Å²) >= 11 is 0. The number of piperidine rings is 1. The molecule has 0 aliphatic carbocycles. The van der Waals surface area contributed by atoms with Crippen LogP contribution >= 0.6 is 0 Å². The number of nitrogens with two attached hydrogens (primary N) is 1. The zero-order valence-electron chi connectivity index (χ0n) is 19.8. The number of primary amides is 1. The molecule has 0 radical (unpaired) electrons. The van der Waals surface area contributed by atoms with Crippen LogP contribution in [0.5, 0.6) is 11.5 Å². The first-order valence-electron chi connectivity index (χ1n) is 11.8. The van der Waals surface area contributed by atoms with Crippen molar-refractivity contribution in [3.05, 3.63) is 66.0 Å². The molecule has 1 aliphatic rings. The van der Waals surface area contributed by atoms with Gasteiger partial charge < -0.3 is 30.7 Å². The van der Waals surface area contributed by atoms with E-state index in [0.29, 0.717) is 31.7 Å². The Labute approximate surface area is 208 Å². The highest BCUT2D eigenvalue weighted by Gasteiger charge is 2.25. The van der Waals surface area contributed by atoms with Gasteiger partial charge in [-0.3, -0.25) is 14.3 Å². The van der Waals surface area contributed by atoms with Crippen LogP contribution in [0.4, 0.5) is 0 Å². The molecule has 10 nitrogen and oxygen atoms in total. The van der Waals surface area contributed by atoms with Crippen molar-refractivity contribution in [1.82, 2.24) is 14.7 Å². The number of amides is 2. The average Bonchev–Trinajstić information content (AvgIpc) is 3.34. The lowest BCUT2D eigenvalue weighted by molar-refractivity contribution is -0.132. The molecule has 0 spiro atoms. The standard InChI is InChI=1S/C26H30N4O6/c27-26(35)23-12-18(19-13-28-30(14-19)15-21(33)16-31)3-6-24(23)36-22-7-9-29(10-8-22)25(34)11-17-1-4-20(32)5-2-17/h1-6,12-14,21-22,31-33H,7-11,15-16H2,(H2,27,35)/t21-/m0/s1. The predicted molar refractivity (Wildman–Crippen MR) is 131 cm³/mol. The number of carbonyl (C=O) groups excluding carboxylic acids is 2. The molecule has 1 atom stereocenters. The lowest BCUT2D eigenvalue weighted by Gasteiger charge is -2.32. The second-order valence-electron chi connectivity index (χ2n) is 8.90. The Morgan fingerprint density at radius 2 is 1.83 bits per heavy atom. The van der Waals surface area contributed by atoms with Crippen LogP contribution in [-0.4, -0.2) is 73.7 Å². The van der Waals surface area contributed by atoms with E-state index in [1.54, 1.807) is 53.7 Å². The fourth-order valence-corrected chi connectivity index (χ4v) is 4.19. The van der Waals surface area contributed by atoms with Crippen LogP contribution in [0.1, 0.15) is 28.8 Å². The summed E-state index contributed by atoms with van der Waals surface area (Å²) in [5.74, 6) is -0.0338. The molecule has 2 aromatic carbocycles. The third-order valence-electron chi connectivity index (χ3n) is 6.20. The van der Waals surface area contributed by atoms with E-state index in [0.717, 1.165) is 16.7 Å². The van der Waals surface area contributed by atoms with E-state index in [4.69, 9.17) is 15.6 Å². The first kappa shape index (κ1) is 25.2. The van der Waals surface area contributed by atoms with Crippen molar-refractivity contribution in [2.45, 2.75) is 38.0 Å². The lowest BCUT2D eigenvalue weighted by Crippen LogP contribution is -2.42. The van der Waals surface area contributed by atoms with Gasteiger partial charge in [0.25, 0.3) is 5.91 Å². The summed E-state index contributed by atoms with van der Waals surface area (Å²) < 4.78 is 7.64. The number of carbonyl (C=O) groups is 2. The van der Waals surface area contributed by atoms with Gasteiger partial charge in [0.1, 0.15) is 17.6 Å². The van der Waals surface area contributed by atoms with Gasteiger partial charge in [-0.1, -0.05) is 18.2 Å². The zero-order valence-corrected chi connectivity index (χ0v) is 19.8. The summed E-state index contributed by atoms with van der Waals surface area (Å²) in [5.41, 5.74) is 8.18. The highest BCUT2D eigenvalue weighted by atomic mass is 16.5. The fourth-order valence-electron chi connectivity index (χ4n) is 4.19. The van der Waals surface area contributed by atoms with Gasteiger partial charge in [-0.25, -0.2) is 0 Å². The van der Waals surface area contributed by atoms with E-state index in [1.807, 2.05) is 6.07 Å². The van der Waals surface area contributed by atoms with Crippen molar-refractivity contribution >= 4 is 11.8 Å². The quantitative estimate of drug-likeness (QED) is 0.350. The summed E-state index contributed by atoms with van der Waals surface area (Å²) in [4.78, 5) is 26.6. The first-order chi connectivity index (χ1) is 17.3. The van der Waals surface area contributed by atoms with Gasteiger partial charge in [0.15, 0.2) is 0 Å². The molecule has 190 valence electrons. The van der Waals surface area contributed by atoms with E-state index in [9.17, 15) is 19.8 Å². The van der Waals surface area contributed by atoms with Crippen molar-refractivity contribution in [2.24, 2.45) is 5.73 Å². The normalized spacial score (nSPS) is 15.0.